The van der Waals surface area contributed by atoms with Gasteiger partial charge in [0.15, 0.2) is 5.96 Å². The van der Waals surface area contributed by atoms with Gasteiger partial charge >= 0.3 is 0 Å². The molecular formula is C20H37IN4OS. The van der Waals surface area contributed by atoms with Crippen LogP contribution in [0.4, 0.5) is 0 Å². The number of rotatable bonds is 9. The molecule has 27 heavy (non-hydrogen) atoms. The molecule has 156 valence electrons. The summed E-state index contributed by atoms with van der Waals surface area (Å²) in [7, 11) is 2.09. The van der Waals surface area contributed by atoms with Crippen molar-refractivity contribution in [3.63, 3.8) is 0 Å². The van der Waals surface area contributed by atoms with E-state index in [4.69, 9.17) is 9.98 Å². The van der Waals surface area contributed by atoms with Crippen molar-refractivity contribution in [2.45, 2.75) is 65.8 Å². The van der Waals surface area contributed by atoms with Gasteiger partial charge in [-0.1, -0.05) is 13.8 Å². The molecular weight excluding hydrogens is 471 g/mol. The molecule has 0 bridgehead atoms. The van der Waals surface area contributed by atoms with Crippen LogP contribution in [-0.4, -0.2) is 47.7 Å². The van der Waals surface area contributed by atoms with Crippen molar-refractivity contribution in [3.05, 3.63) is 15.6 Å². The number of thiazole rings is 1. The molecule has 1 unspecified atom stereocenters. The molecule has 2 rings (SSSR count). The van der Waals surface area contributed by atoms with Crippen molar-refractivity contribution in [3.8, 4) is 0 Å². The maximum atomic E-state index is 9.32. The highest BCUT2D eigenvalue weighted by Gasteiger charge is 2.17. The minimum absolute atomic E-state index is 0. The maximum absolute atomic E-state index is 9.32. The second-order valence-electron chi connectivity index (χ2n) is 7.74. The normalized spacial score (nSPS) is 15.3. The summed E-state index contributed by atoms with van der Waals surface area (Å²) in [5, 5.41) is 13.9. The molecule has 0 amide bonds. The first-order chi connectivity index (χ1) is 12.5. The number of aromatic nitrogens is 1. The molecule has 1 aliphatic carbocycles. The van der Waals surface area contributed by atoms with Gasteiger partial charge in [0, 0.05) is 31.6 Å². The van der Waals surface area contributed by atoms with Gasteiger partial charge in [0.05, 0.1) is 12.2 Å². The zero-order chi connectivity index (χ0) is 18.9. The molecule has 1 atom stereocenters. The van der Waals surface area contributed by atoms with Crippen LogP contribution >= 0.6 is 35.3 Å². The second kappa shape index (κ2) is 12.9. The number of fused-ring (bicyclic) bond motifs is 1. The van der Waals surface area contributed by atoms with E-state index in [1.54, 1.807) is 0 Å². The van der Waals surface area contributed by atoms with Gasteiger partial charge in [-0.3, -0.25) is 4.99 Å². The van der Waals surface area contributed by atoms with Crippen LogP contribution in [0.25, 0.3) is 0 Å². The predicted molar refractivity (Wildman–Crippen MR) is 126 cm³/mol. The Kier molecular flexibility index (Phi) is 11.8. The zero-order valence-electron chi connectivity index (χ0n) is 17.3. The number of aliphatic hydroxyl groups is 1. The first-order valence-electron chi connectivity index (χ1n) is 10.1. The van der Waals surface area contributed by atoms with Crippen LogP contribution in [0.1, 0.15) is 62.0 Å². The third kappa shape index (κ3) is 8.23. The Hall–Kier alpha value is -0.410. The lowest BCUT2D eigenvalue weighted by Crippen LogP contribution is -2.38. The van der Waals surface area contributed by atoms with Crippen LogP contribution in [0, 0.1) is 11.8 Å². The van der Waals surface area contributed by atoms with Gasteiger partial charge in [0.1, 0.15) is 5.01 Å². The summed E-state index contributed by atoms with van der Waals surface area (Å²) >= 11 is 1.87. The lowest BCUT2D eigenvalue weighted by Gasteiger charge is -2.22. The van der Waals surface area contributed by atoms with E-state index in [1.807, 2.05) is 11.3 Å². The predicted octanol–water partition coefficient (Wildman–Crippen LogP) is 4.08. The topological polar surface area (TPSA) is 60.8 Å². The van der Waals surface area contributed by atoms with Crippen molar-refractivity contribution < 1.29 is 5.11 Å². The third-order valence-corrected chi connectivity index (χ3v) is 5.94. The minimum atomic E-state index is 0. The van der Waals surface area contributed by atoms with E-state index in [0.717, 1.165) is 44.9 Å². The van der Waals surface area contributed by atoms with Crippen LogP contribution in [0.2, 0.25) is 0 Å². The Balaban J connectivity index is 0.00000364. The first-order valence-corrected chi connectivity index (χ1v) is 10.9. The fourth-order valence-corrected chi connectivity index (χ4v) is 4.78. The highest BCUT2D eigenvalue weighted by Crippen LogP contribution is 2.27. The average molecular weight is 509 g/mol. The van der Waals surface area contributed by atoms with Crippen LogP contribution in [0.5, 0.6) is 0 Å². The molecule has 1 aromatic rings. The van der Waals surface area contributed by atoms with Crippen molar-refractivity contribution >= 4 is 41.3 Å². The monoisotopic (exact) mass is 508 g/mol. The molecule has 0 saturated heterocycles. The van der Waals surface area contributed by atoms with Gasteiger partial charge in [-0.05, 0) is 57.3 Å². The molecule has 0 spiro atoms. The van der Waals surface area contributed by atoms with E-state index in [1.165, 1.54) is 34.8 Å². The zero-order valence-corrected chi connectivity index (χ0v) is 20.5. The number of aryl methyl sites for hydroxylation is 2. The number of nitrogens with zero attached hydrogens (tertiary/aromatic N) is 3. The molecule has 2 N–H and O–H groups in total. The lowest BCUT2D eigenvalue weighted by molar-refractivity contribution is 0.245. The quantitative estimate of drug-likeness (QED) is 0.300. The highest BCUT2D eigenvalue weighted by atomic mass is 127. The van der Waals surface area contributed by atoms with Crippen molar-refractivity contribution in [2.75, 3.05) is 26.7 Å². The fraction of sp³-hybridized carbons (Fsp3) is 0.800. The standard InChI is InChI=1S/C20H36N4OS.HI/c1-5-21-20(22-13-16(10-11-25)12-15(2)3)24(4)14-19-23-17-8-6-7-9-18(17)26-19;/h15-16,25H,5-14H2,1-4H3,(H,21,22);1H. The molecule has 1 aliphatic rings. The minimum Gasteiger partial charge on any atom is -0.396 e. The maximum Gasteiger partial charge on any atom is 0.194 e. The molecule has 5 nitrogen and oxygen atoms in total. The van der Waals surface area contributed by atoms with E-state index in [0.29, 0.717) is 11.8 Å². The molecule has 0 aliphatic heterocycles. The van der Waals surface area contributed by atoms with Gasteiger partial charge in [0.2, 0.25) is 0 Å². The summed E-state index contributed by atoms with van der Waals surface area (Å²) in [4.78, 5) is 13.4. The summed E-state index contributed by atoms with van der Waals surface area (Å²) < 4.78 is 0. The Bertz CT molecular complexity index is 553. The summed E-state index contributed by atoms with van der Waals surface area (Å²) in [6.07, 6.45) is 6.84. The SMILES string of the molecule is CCNC(=NCC(CCO)CC(C)C)N(C)Cc1nc2c(s1)CCCC2.I. The van der Waals surface area contributed by atoms with Crippen LogP contribution < -0.4 is 5.32 Å². The van der Waals surface area contributed by atoms with Crippen LogP contribution in [-0.2, 0) is 19.4 Å². The molecule has 1 heterocycles. The molecule has 1 aromatic heterocycles. The second-order valence-corrected chi connectivity index (χ2v) is 8.91. The van der Waals surface area contributed by atoms with Gasteiger partial charge < -0.3 is 15.3 Å². The smallest absolute Gasteiger partial charge is 0.194 e. The van der Waals surface area contributed by atoms with Gasteiger partial charge in [0.25, 0.3) is 0 Å². The van der Waals surface area contributed by atoms with Crippen molar-refractivity contribution in [1.29, 1.82) is 0 Å². The number of hydrogen-bond acceptors (Lipinski definition) is 4. The van der Waals surface area contributed by atoms with E-state index in [9.17, 15) is 5.11 Å². The first kappa shape index (κ1) is 24.6. The highest BCUT2D eigenvalue weighted by molar-refractivity contribution is 14.0. The molecule has 0 saturated carbocycles. The Labute approximate surface area is 186 Å². The molecule has 7 heteroatoms. The third-order valence-electron chi connectivity index (χ3n) is 4.80. The summed E-state index contributed by atoms with van der Waals surface area (Å²) in [6.45, 7) is 9.23. The van der Waals surface area contributed by atoms with E-state index >= 15 is 0 Å². The van der Waals surface area contributed by atoms with E-state index in [-0.39, 0.29) is 30.6 Å². The van der Waals surface area contributed by atoms with Gasteiger partial charge in [-0.2, -0.15) is 0 Å². The number of halogens is 1. The van der Waals surface area contributed by atoms with Gasteiger partial charge in [-0.25, -0.2) is 4.98 Å². The fourth-order valence-electron chi connectivity index (χ4n) is 3.57. The number of hydrogen-bond donors (Lipinski definition) is 2. The molecule has 0 radical (unpaired) electrons. The van der Waals surface area contributed by atoms with Crippen LogP contribution in [0.3, 0.4) is 0 Å². The number of aliphatic imine (C=N–C) groups is 1. The summed E-state index contributed by atoms with van der Waals surface area (Å²) in [6, 6.07) is 0. The number of guanidine groups is 1. The Morgan fingerprint density at radius 2 is 2.07 bits per heavy atom. The summed E-state index contributed by atoms with van der Waals surface area (Å²) in [5.41, 5.74) is 1.33. The van der Waals surface area contributed by atoms with E-state index < -0.39 is 0 Å². The number of nitrogens with one attached hydrogen (secondary N) is 1. The van der Waals surface area contributed by atoms with E-state index in [2.05, 4.69) is 38.0 Å². The Morgan fingerprint density at radius 1 is 1.33 bits per heavy atom. The molecule has 0 fully saturated rings. The molecule has 0 aromatic carbocycles. The van der Waals surface area contributed by atoms with Crippen molar-refractivity contribution in [2.24, 2.45) is 16.8 Å². The lowest BCUT2D eigenvalue weighted by atomic mass is 9.94. The van der Waals surface area contributed by atoms with Crippen LogP contribution in [0.15, 0.2) is 4.99 Å². The average Bonchev–Trinajstić information content (AvgIpc) is 3.00. The van der Waals surface area contributed by atoms with Crippen molar-refractivity contribution in [1.82, 2.24) is 15.2 Å². The number of aliphatic hydroxyl groups excluding tert-OH is 1. The summed E-state index contributed by atoms with van der Waals surface area (Å²) in [5.74, 6) is 2.00. The Morgan fingerprint density at radius 3 is 2.70 bits per heavy atom. The largest absolute Gasteiger partial charge is 0.396 e. The van der Waals surface area contributed by atoms with Gasteiger partial charge in [-0.15, -0.1) is 35.3 Å².